The Kier molecular flexibility index (Phi) is 10.8. The fraction of sp³-hybridized carbons (Fsp3) is 0.353. The van der Waals surface area contributed by atoms with Crippen LogP contribution in [0.3, 0.4) is 0 Å². The van der Waals surface area contributed by atoms with Crippen LogP contribution in [-0.2, 0) is 27.3 Å². The van der Waals surface area contributed by atoms with Gasteiger partial charge in [0.1, 0.15) is 12.1 Å². The molecule has 8 N–H and O–H groups in total. The van der Waals surface area contributed by atoms with Gasteiger partial charge in [-0.1, -0.05) is 37.1 Å². The third-order valence-corrected chi connectivity index (χ3v) is 8.57. The summed E-state index contributed by atoms with van der Waals surface area (Å²) < 4.78 is 0. The maximum atomic E-state index is 13.3. The predicted octanol–water partition coefficient (Wildman–Crippen LogP) is 2.65. The third-order valence-electron chi connectivity index (χ3n) is 8.57. The molecule has 1 aliphatic carbocycles. The number of hydrogen-bond acceptors (Lipinski definition) is 11. The first-order chi connectivity index (χ1) is 23.5. The number of nitrogens with zero attached hydrogens (tertiary/aromatic N) is 5. The Morgan fingerprint density at radius 2 is 1.69 bits per heavy atom. The Labute approximate surface area is 282 Å². The molecule has 2 atom stereocenters. The van der Waals surface area contributed by atoms with Crippen molar-refractivity contribution in [2.45, 2.75) is 69.5 Å². The van der Waals surface area contributed by atoms with Crippen LogP contribution in [0.4, 0.5) is 17.5 Å². The highest BCUT2D eigenvalue weighted by atomic mass is 16.4. The number of nitrogens with one attached hydrogen (secondary N) is 2. The van der Waals surface area contributed by atoms with E-state index in [-0.39, 0.29) is 35.8 Å². The maximum Gasteiger partial charge on any atom is 0.326 e. The molecule has 256 valence electrons. The lowest BCUT2D eigenvalue weighted by Crippen LogP contribution is -2.52. The number of nitrogen functional groups attached to an aromatic ring is 2. The van der Waals surface area contributed by atoms with E-state index in [0.717, 1.165) is 29.7 Å². The topological polar surface area (TPSA) is 240 Å². The molecular weight excluding hydrogens is 630 g/mol. The first kappa shape index (κ1) is 34.5. The number of fused-ring (bicyclic) bond motifs is 1. The average molecular weight is 670 g/mol. The molecule has 15 heteroatoms. The summed E-state index contributed by atoms with van der Waals surface area (Å²) in [5.74, 6) is -3.23. The number of benzene rings is 2. The van der Waals surface area contributed by atoms with Crippen molar-refractivity contribution >= 4 is 52.4 Å². The molecule has 0 unspecified atom stereocenters. The molecule has 1 fully saturated rings. The van der Waals surface area contributed by atoms with Gasteiger partial charge in [0, 0.05) is 31.1 Å². The molecule has 0 bridgehead atoms. The van der Waals surface area contributed by atoms with Crippen LogP contribution in [0.5, 0.6) is 0 Å². The lowest BCUT2D eigenvalue weighted by molar-refractivity contribution is -0.142. The van der Waals surface area contributed by atoms with Crippen molar-refractivity contribution in [2.24, 2.45) is 0 Å². The summed E-state index contributed by atoms with van der Waals surface area (Å²) in [5, 5.41) is 24.3. The van der Waals surface area contributed by atoms with Gasteiger partial charge < -0.3 is 37.2 Å². The minimum atomic E-state index is -1.28. The number of carbonyl (C=O) groups is 4. The van der Waals surface area contributed by atoms with Gasteiger partial charge in [-0.25, -0.2) is 14.8 Å². The van der Waals surface area contributed by atoms with Crippen molar-refractivity contribution in [3.8, 4) is 0 Å². The van der Waals surface area contributed by atoms with Crippen molar-refractivity contribution in [3.05, 3.63) is 77.1 Å². The van der Waals surface area contributed by atoms with Gasteiger partial charge in [-0.15, -0.1) is 0 Å². The number of nitrogens with two attached hydrogens (primary N) is 2. The predicted molar refractivity (Wildman–Crippen MR) is 182 cm³/mol. The largest absolute Gasteiger partial charge is 0.481 e. The molecule has 2 aromatic carbocycles. The molecule has 0 saturated heterocycles. The third kappa shape index (κ3) is 8.94. The molecule has 0 spiro atoms. The quantitative estimate of drug-likeness (QED) is 0.113. The molecule has 0 aliphatic heterocycles. The molecule has 2 heterocycles. The molecule has 49 heavy (non-hydrogen) atoms. The van der Waals surface area contributed by atoms with E-state index in [1.54, 1.807) is 30.5 Å². The minimum Gasteiger partial charge on any atom is -0.481 e. The molecule has 5 rings (SSSR count). The second-order valence-electron chi connectivity index (χ2n) is 12.2. The number of anilines is 3. The van der Waals surface area contributed by atoms with Gasteiger partial charge in [0.05, 0.1) is 18.4 Å². The highest BCUT2D eigenvalue weighted by molar-refractivity contribution is 5.98. The van der Waals surface area contributed by atoms with Crippen molar-refractivity contribution in [3.63, 3.8) is 0 Å². The van der Waals surface area contributed by atoms with E-state index >= 15 is 0 Å². The number of carbonyl (C=O) groups excluding carboxylic acids is 2. The van der Waals surface area contributed by atoms with Gasteiger partial charge in [0.15, 0.2) is 17.0 Å². The Balaban J connectivity index is 1.23. The lowest BCUT2D eigenvalue weighted by Gasteiger charge is -2.22. The zero-order valence-corrected chi connectivity index (χ0v) is 27.0. The number of hydrogen-bond donors (Lipinski definition) is 6. The highest BCUT2D eigenvalue weighted by Crippen LogP contribution is 2.34. The zero-order chi connectivity index (χ0) is 35.1. The summed E-state index contributed by atoms with van der Waals surface area (Å²) in [6.07, 6.45) is 5.47. The zero-order valence-electron chi connectivity index (χ0n) is 27.0. The van der Waals surface area contributed by atoms with Gasteiger partial charge in [-0.2, -0.15) is 9.97 Å². The normalized spacial score (nSPS) is 14.2. The molecule has 2 amide bonds. The van der Waals surface area contributed by atoms with E-state index in [1.807, 2.05) is 36.2 Å². The number of carboxylic acid groups (broad SMARTS) is 2. The fourth-order valence-electron chi connectivity index (χ4n) is 5.98. The number of aromatic nitrogens is 4. The number of rotatable bonds is 14. The molecular formula is C34H39N9O6. The van der Waals surface area contributed by atoms with Crippen molar-refractivity contribution in [1.29, 1.82) is 0 Å². The van der Waals surface area contributed by atoms with Crippen LogP contribution in [0.1, 0.15) is 71.6 Å². The van der Waals surface area contributed by atoms with Gasteiger partial charge in [0.2, 0.25) is 11.9 Å². The van der Waals surface area contributed by atoms with Crippen LogP contribution in [0.25, 0.3) is 11.2 Å². The molecule has 0 radical (unpaired) electrons. The van der Waals surface area contributed by atoms with Gasteiger partial charge >= 0.3 is 11.9 Å². The van der Waals surface area contributed by atoms with E-state index in [0.29, 0.717) is 23.7 Å². The Morgan fingerprint density at radius 3 is 2.39 bits per heavy atom. The highest BCUT2D eigenvalue weighted by Gasteiger charge is 2.28. The minimum absolute atomic E-state index is 0.00210. The van der Waals surface area contributed by atoms with Crippen LogP contribution in [-0.4, -0.2) is 73.0 Å². The summed E-state index contributed by atoms with van der Waals surface area (Å²) in [4.78, 5) is 68.6. The maximum absolute atomic E-state index is 13.3. The van der Waals surface area contributed by atoms with E-state index in [2.05, 4.69) is 30.6 Å². The molecule has 2 aromatic heterocycles. The standard InChI is InChI=1S/C34H39N9O6/c1-43(18-23-17-37-30-28(38-23)29(35)41-34(36)42-30)24-11-9-21(10-12-24)31(46)39-25(13-14-27(44)45)32(47)40-26(33(48)49)16-19-5-4-8-22(15-19)20-6-2-3-7-20/h4-5,8-12,15,17,20,25-26H,2-3,6-7,13-14,16,18H2,1H3,(H,39,46)(H,40,47)(H,44,45)(H,48,49)(H4,35,36,37,41,42)/t25-,26-/m0/s1. The second kappa shape index (κ2) is 15.4. The second-order valence-corrected chi connectivity index (χ2v) is 12.2. The van der Waals surface area contributed by atoms with E-state index < -0.39 is 42.3 Å². The molecule has 4 aromatic rings. The Morgan fingerprint density at radius 1 is 0.959 bits per heavy atom. The van der Waals surface area contributed by atoms with Crippen LogP contribution < -0.4 is 27.0 Å². The van der Waals surface area contributed by atoms with Crippen molar-refractivity contribution in [1.82, 2.24) is 30.6 Å². The van der Waals surface area contributed by atoms with Crippen LogP contribution in [0.15, 0.2) is 54.7 Å². The van der Waals surface area contributed by atoms with E-state index in [9.17, 15) is 29.4 Å². The number of carboxylic acids is 2. The summed E-state index contributed by atoms with van der Waals surface area (Å²) >= 11 is 0. The summed E-state index contributed by atoms with van der Waals surface area (Å²) in [6, 6.07) is 11.7. The SMILES string of the molecule is CN(Cc1cnc2nc(N)nc(N)c2n1)c1ccc(C(=O)N[C@@H](CCC(=O)O)C(=O)N[C@@H](Cc2cccc(C3CCCC3)c2)C(=O)O)cc1. The first-order valence-electron chi connectivity index (χ1n) is 16.0. The van der Waals surface area contributed by atoms with Gasteiger partial charge in [0.25, 0.3) is 5.91 Å². The summed E-state index contributed by atoms with van der Waals surface area (Å²) in [5.41, 5.74) is 15.6. The van der Waals surface area contributed by atoms with Crippen LogP contribution >= 0.6 is 0 Å². The summed E-state index contributed by atoms with van der Waals surface area (Å²) in [7, 11) is 1.82. The first-order valence-corrected chi connectivity index (χ1v) is 16.0. The van der Waals surface area contributed by atoms with Crippen LogP contribution in [0, 0.1) is 0 Å². The number of amides is 2. The van der Waals surface area contributed by atoms with Crippen molar-refractivity contribution in [2.75, 3.05) is 23.4 Å². The fourth-order valence-corrected chi connectivity index (χ4v) is 5.98. The van der Waals surface area contributed by atoms with Crippen LogP contribution in [0.2, 0.25) is 0 Å². The van der Waals surface area contributed by atoms with Crippen molar-refractivity contribution < 1.29 is 29.4 Å². The van der Waals surface area contributed by atoms with Gasteiger partial charge in [-0.05, 0) is 60.6 Å². The number of aliphatic carboxylic acids is 2. The Bertz CT molecular complexity index is 1850. The average Bonchev–Trinajstić information content (AvgIpc) is 3.62. The smallest absolute Gasteiger partial charge is 0.326 e. The monoisotopic (exact) mass is 669 g/mol. The molecule has 1 aliphatic rings. The lowest BCUT2D eigenvalue weighted by atomic mass is 9.94. The molecule has 15 nitrogen and oxygen atoms in total. The molecule has 1 saturated carbocycles. The van der Waals surface area contributed by atoms with E-state index in [4.69, 9.17) is 11.5 Å². The van der Waals surface area contributed by atoms with E-state index in [1.165, 1.54) is 12.8 Å². The Hall–Kier alpha value is -5.86. The summed E-state index contributed by atoms with van der Waals surface area (Å²) in [6.45, 7) is 0.339. The van der Waals surface area contributed by atoms with Gasteiger partial charge in [-0.3, -0.25) is 14.4 Å².